The zero-order valence-electron chi connectivity index (χ0n) is 20.6. The van der Waals surface area contributed by atoms with Crippen molar-refractivity contribution in [3.63, 3.8) is 0 Å². The van der Waals surface area contributed by atoms with Crippen LogP contribution in [0.3, 0.4) is 0 Å². The van der Waals surface area contributed by atoms with E-state index >= 15 is 0 Å². The molecule has 0 radical (unpaired) electrons. The molecule has 3 rings (SSSR count). The van der Waals surface area contributed by atoms with Crippen LogP contribution in [0.25, 0.3) is 0 Å². The van der Waals surface area contributed by atoms with Gasteiger partial charge in [-0.2, -0.15) is 5.10 Å². The number of anilines is 1. The van der Waals surface area contributed by atoms with Crippen LogP contribution in [-0.2, 0) is 14.8 Å². The van der Waals surface area contributed by atoms with Crippen LogP contribution in [0.5, 0.6) is 5.75 Å². The SMILES string of the molecule is Cc1ccc(S(=O)(=O)N(CC(=O)N/N=C\c2ccc(OC(C)C)cc2)c2cccc(C)c2C)cc1. The second kappa shape index (κ2) is 11.2. The fraction of sp³-hybridized carbons (Fsp3) is 0.259. The second-order valence-corrected chi connectivity index (χ2v) is 10.4. The lowest BCUT2D eigenvalue weighted by Gasteiger charge is -2.26. The van der Waals surface area contributed by atoms with Gasteiger partial charge in [-0.25, -0.2) is 13.8 Å². The average Bonchev–Trinajstić information content (AvgIpc) is 2.80. The van der Waals surface area contributed by atoms with E-state index in [1.807, 2.05) is 65.0 Å². The topological polar surface area (TPSA) is 88.1 Å². The summed E-state index contributed by atoms with van der Waals surface area (Å²) >= 11 is 0. The minimum absolute atomic E-state index is 0.0741. The van der Waals surface area contributed by atoms with Crippen LogP contribution in [0.15, 0.2) is 76.7 Å². The molecule has 0 unspecified atom stereocenters. The number of hydrogen-bond donors (Lipinski definition) is 1. The molecule has 35 heavy (non-hydrogen) atoms. The number of sulfonamides is 1. The summed E-state index contributed by atoms with van der Waals surface area (Å²) in [6.07, 6.45) is 1.57. The van der Waals surface area contributed by atoms with E-state index in [4.69, 9.17) is 4.74 Å². The van der Waals surface area contributed by atoms with Gasteiger partial charge in [0, 0.05) is 0 Å². The van der Waals surface area contributed by atoms with Gasteiger partial charge in [0.15, 0.2) is 0 Å². The first-order valence-corrected chi connectivity index (χ1v) is 12.8. The van der Waals surface area contributed by atoms with Crippen LogP contribution in [0.4, 0.5) is 5.69 Å². The Kier molecular flexibility index (Phi) is 8.30. The highest BCUT2D eigenvalue weighted by atomic mass is 32.2. The molecule has 0 heterocycles. The van der Waals surface area contributed by atoms with Gasteiger partial charge in [-0.1, -0.05) is 29.8 Å². The minimum atomic E-state index is -3.99. The lowest BCUT2D eigenvalue weighted by Crippen LogP contribution is -2.40. The van der Waals surface area contributed by atoms with Crippen molar-refractivity contribution in [3.8, 4) is 5.75 Å². The Morgan fingerprint density at radius 2 is 1.66 bits per heavy atom. The fourth-order valence-corrected chi connectivity index (χ4v) is 4.87. The number of aryl methyl sites for hydroxylation is 2. The van der Waals surface area contributed by atoms with Crippen LogP contribution in [-0.4, -0.2) is 33.2 Å². The first kappa shape index (κ1) is 26.0. The lowest BCUT2D eigenvalue weighted by molar-refractivity contribution is -0.119. The number of rotatable bonds is 9. The number of amides is 1. The van der Waals surface area contributed by atoms with E-state index in [2.05, 4.69) is 10.5 Å². The van der Waals surface area contributed by atoms with Crippen LogP contribution in [0.2, 0.25) is 0 Å². The Morgan fingerprint density at radius 1 is 1.00 bits per heavy atom. The number of carbonyl (C=O) groups is 1. The summed E-state index contributed by atoms with van der Waals surface area (Å²) in [4.78, 5) is 12.9. The van der Waals surface area contributed by atoms with Crippen molar-refractivity contribution in [1.29, 1.82) is 0 Å². The van der Waals surface area contributed by atoms with E-state index < -0.39 is 22.5 Å². The Hall–Kier alpha value is -3.65. The van der Waals surface area contributed by atoms with Crippen molar-refractivity contribution in [2.24, 2.45) is 5.10 Å². The first-order chi connectivity index (χ1) is 16.6. The molecule has 7 nitrogen and oxygen atoms in total. The number of nitrogens with zero attached hydrogens (tertiary/aromatic N) is 2. The molecule has 3 aromatic rings. The summed E-state index contributed by atoms with van der Waals surface area (Å²) in [6.45, 7) is 9.10. The molecular formula is C27H31N3O4S. The molecule has 3 aromatic carbocycles. The van der Waals surface area contributed by atoms with E-state index in [0.717, 1.165) is 32.3 Å². The number of carbonyl (C=O) groups excluding carboxylic acids is 1. The van der Waals surface area contributed by atoms with E-state index in [-0.39, 0.29) is 11.0 Å². The molecule has 0 fully saturated rings. The molecule has 0 aromatic heterocycles. The summed E-state index contributed by atoms with van der Waals surface area (Å²) < 4.78 is 33.8. The predicted octanol–water partition coefficient (Wildman–Crippen LogP) is 4.74. The summed E-state index contributed by atoms with van der Waals surface area (Å²) in [5.41, 5.74) is 6.30. The molecule has 8 heteroatoms. The summed E-state index contributed by atoms with van der Waals surface area (Å²) in [6, 6.07) is 19.2. The van der Waals surface area contributed by atoms with Gasteiger partial charge in [-0.15, -0.1) is 0 Å². The van der Waals surface area contributed by atoms with Gasteiger partial charge in [0.05, 0.1) is 22.9 Å². The van der Waals surface area contributed by atoms with Crippen LogP contribution in [0, 0.1) is 20.8 Å². The van der Waals surface area contributed by atoms with Gasteiger partial charge in [0.25, 0.3) is 15.9 Å². The van der Waals surface area contributed by atoms with Crippen LogP contribution < -0.4 is 14.5 Å². The molecule has 0 spiro atoms. The monoisotopic (exact) mass is 493 g/mol. The normalized spacial score (nSPS) is 11.6. The molecule has 0 saturated heterocycles. The highest BCUT2D eigenvalue weighted by Gasteiger charge is 2.28. The first-order valence-electron chi connectivity index (χ1n) is 11.3. The third-order valence-corrected chi connectivity index (χ3v) is 7.17. The summed E-state index contributed by atoms with van der Waals surface area (Å²) in [5.74, 6) is 0.185. The molecule has 0 aliphatic heterocycles. The third-order valence-electron chi connectivity index (χ3n) is 5.40. The molecular weight excluding hydrogens is 462 g/mol. The second-order valence-electron chi connectivity index (χ2n) is 8.57. The van der Waals surface area contributed by atoms with E-state index in [1.165, 1.54) is 6.21 Å². The van der Waals surface area contributed by atoms with E-state index in [9.17, 15) is 13.2 Å². The highest BCUT2D eigenvalue weighted by Crippen LogP contribution is 2.28. The number of hydrogen-bond acceptors (Lipinski definition) is 5. The largest absolute Gasteiger partial charge is 0.491 e. The quantitative estimate of drug-likeness (QED) is 0.344. The predicted molar refractivity (Wildman–Crippen MR) is 140 cm³/mol. The fourth-order valence-electron chi connectivity index (χ4n) is 3.39. The Balaban J connectivity index is 1.81. The Morgan fingerprint density at radius 3 is 2.29 bits per heavy atom. The number of ether oxygens (including phenoxy) is 1. The molecule has 0 bridgehead atoms. The van der Waals surface area contributed by atoms with Crippen molar-refractivity contribution < 1.29 is 17.9 Å². The zero-order chi connectivity index (χ0) is 25.6. The van der Waals surface area contributed by atoms with Crippen molar-refractivity contribution >= 4 is 27.8 Å². The van der Waals surface area contributed by atoms with Gasteiger partial charge < -0.3 is 4.74 Å². The van der Waals surface area contributed by atoms with Crippen molar-refractivity contribution in [2.75, 3.05) is 10.8 Å². The Labute approximate surface area is 207 Å². The smallest absolute Gasteiger partial charge is 0.264 e. The van der Waals surface area contributed by atoms with Crippen molar-refractivity contribution in [2.45, 2.75) is 45.6 Å². The van der Waals surface area contributed by atoms with Crippen LogP contribution in [0.1, 0.15) is 36.1 Å². The molecule has 1 N–H and O–H groups in total. The molecule has 1 amide bonds. The molecule has 0 saturated carbocycles. The van der Waals surface area contributed by atoms with E-state index in [1.54, 1.807) is 36.4 Å². The maximum absolute atomic E-state index is 13.5. The maximum Gasteiger partial charge on any atom is 0.264 e. The standard InChI is InChI=1S/C27H31N3O4S/c1-19(2)34-24-13-11-23(12-14-24)17-28-29-27(31)18-30(26-8-6-7-21(4)22(26)5)35(32,33)25-15-9-20(3)10-16-25/h6-17,19H,18H2,1-5H3,(H,29,31)/b28-17-. The zero-order valence-corrected chi connectivity index (χ0v) is 21.5. The highest BCUT2D eigenvalue weighted by molar-refractivity contribution is 7.92. The summed E-state index contributed by atoms with van der Waals surface area (Å²) in [7, 11) is -3.99. The van der Waals surface area contributed by atoms with Gasteiger partial charge in [0.2, 0.25) is 0 Å². The number of nitrogens with one attached hydrogen (secondary N) is 1. The van der Waals surface area contributed by atoms with E-state index in [0.29, 0.717) is 5.69 Å². The lowest BCUT2D eigenvalue weighted by atomic mass is 10.1. The maximum atomic E-state index is 13.5. The minimum Gasteiger partial charge on any atom is -0.491 e. The van der Waals surface area contributed by atoms with Gasteiger partial charge in [-0.3, -0.25) is 9.10 Å². The summed E-state index contributed by atoms with van der Waals surface area (Å²) in [5, 5.41) is 4.00. The molecule has 184 valence electrons. The van der Waals surface area contributed by atoms with Gasteiger partial charge >= 0.3 is 0 Å². The number of benzene rings is 3. The Bertz CT molecular complexity index is 1300. The third kappa shape index (κ3) is 6.70. The van der Waals surface area contributed by atoms with Gasteiger partial charge in [0.1, 0.15) is 12.3 Å². The molecule has 0 aliphatic carbocycles. The average molecular weight is 494 g/mol. The van der Waals surface area contributed by atoms with Gasteiger partial charge in [-0.05, 0) is 93.8 Å². The van der Waals surface area contributed by atoms with Crippen molar-refractivity contribution in [3.05, 3.63) is 89.0 Å². The molecule has 0 atom stereocenters. The number of hydrazone groups is 1. The van der Waals surface area contributed by atoms with Crippen LogP contribution >= 0.6 is 0 Å². The van der Waals surface area contributed by atoms with Crippen molar-refractivity contribution in [1.82, 2.24) is 5.43 Å². The molecule has 0 aliphatic rings.